The summed E-state index contributed by atoms with van der Waals surface area (Å²) < 4.78 is 6.07. The summed E-state index contributed by atoms with van der Waals surface area (Å²) in [4.78, 5) is 0. The predicted molar refractivity (Wildman–Crippen MR) is 73.0 cm³/mol. The van der Waals surface area contributed by atoms with Crippen LogP contribution in [0.2, 0.25) is 0 Å². The molecular weight excluding hydrogens is 224 g/mol. The fourth-order valence-electron chi connectivity index (χ4n) is 2.73. The molecule has 2 bridgehead atoms. The lowest BCUT2D eigenvalue weighted by Crippen LogP contribution is -2.32. The van der Waals surface area contributed by atoms with Gasteiger partial charge in [0, 0.05) is 12.3 Å². The molecule has 2 heteroatoms. The Labute approximate surface area is 110 Å². The molecule has 2 nitrogen and oxygen atoms in total. The second kappa shape index (κ2) is 5.73. The smallest absolute Gasteiger partial charge is 0.124 e. The number of aliphatic hydroxyl groups is 1. The Morgan fingerprint density at radius 3 is 3.00 bits per heavy atom. The standard InChI is InChI=1S/C16H22O2/c1-11(2)16-13(17)8-6-4-5-7-9-14-12(3)10-15(16)18-14/h10,13-17H,1,4-5,7,9H2,2-3H3/t13-,14+,15-,16+/m0/s1. The first-order chi connectivity index (χ1) is 8.59. The van der Waals surface area contributed by atoms with Crippen molar-refractivity contribution in [1.29, 1.82) is 0 Å². The quantitative estimate of drug-likeness (QED) is 0.569. The molecule has 18 heavy (non-hydrogen) atoms. The van der Waals surface area contributed by atoms with Gasteiger partial charge in [0.15, 0.2) is 0 Å². The first kappa shape index (κ1) is 13.4. The first-order valence-corrected chi connectivity index (χ1v) is 6.75. The van der Waals surface area contributed by atoms with Gasteiger partial charge in [0.2, 0.25) is 0 Å². The summed E-state index contributed by atoms with van der Waals surface area (Å²) >= 11 is 0. The molecule has 2 heterocycles. The average molecular weight is 246 g/mol. The summed E-state index contributed by atoms with van der Waals surface area (Å²) in [6, 6.07) is 0. The van der Waals surface area contributed by atoms with E-state index >= 15 is 0 Å². The van der Waals surface area contributed by atoms with Gasteiger partial charge in [0.05, 0.1) is 12.2 Å². The van der Waals surface area contributed by atoms with Gasteiger partial charge < -0.3 is 9.84 Å². The molecule has 0 radical (unpaired) electrons. The summed E-state index contributed by atoms with van der Waals surface area (Å²) in [5.74, 6) is 5.90. The summed E-state index contributed by atoms with van der Waals surface area (Å²) in [5.41, 5.74) is 2.22. The minimum absolute atomic E-state index is 0.0742. The highest BCUT2D eigenvalue weighted by Crippen LogP contribution is 2.32. The molecule has 0 amide bonds. The van der Waals surface area contributed by atoms with E-state index in [1.165, 1.54) is 5.57 Å². The summed E-state index contributed by atoms with van der Waals surface area (Å²) in [6.45, 7) is 8.04. The van der Waals surface area contributed by atoms with Crippen LogP contribution in [0.1, 0.15) is 39.5 Å². The van der Waals surface area contributed by atoms with E-state index in [0.717, 1.165) is 31.3 Å². The van der Waals surface area contributed by atoms with Crippen LogP contribution in [0.25, 0.3) is 0 Å². The van der Waals surface area contributed by atoms with Crippen LogP contribution < -0.4 is 0 Å². The topological polar surface area (TPSA) is 29.5 Å². The molecule has 98 valence electrons. The molecule has 0 unspecified atom stereocenters. The van der Waals surface area contributed by atoms with Gasteiger partial charge in [-0.25, -0.2) is 0 Å². The maximum atomic E-state index is 10.2. The Hall–Kier alpha value is -1.04. The van der Waals surface area contributed by atoms with Crippen LogP contribution in [0.4, 0.5) is 0 Å². The molecule has 0 saturated heterocycles. The normalized spacial score (nSPS) is 36.1. The minimum Gasteiger partial charge on any atom is -0.380 e. The van der Waals surface area contributed by atoms with Crippen molar-refractivity contribution in [2.75, 3.05) is 0 Å². The van der Waals surface area contributed by atoms with Gasteiger partial charge in [-0.2, -0.15) is 0 Å². The van der Waals surface area contributed by atoms with E-state index in [9.17, 15) is 5.11 Å². The zero-order chi connectivity index (χ0) is 13.1. The summed E-state index contributed by atoms with van der Waals surface area (Å²) in [6.07, 6.45) is 5.72. The Kier molecular flexibility index (Phi) is 4.27. The third-order valence-electron chi connectivity index (χ3n) is 3.79. The lowest BCUT2D eigenvalue weighted by atomic mass is 9.89. The monoisotopic (exact) mass is 246 g/mol. The van der Waals surface area contributed by atoms with Gasteiger partial charge in [-0.1, -0.05) is 24.1 Å². The number of hydrogen-bond donors (Lipinski definition) is 1. The van der Waals surface area contributed by atoms with Crippen molar-refractivity contribution in [3.05, 3.63) is 23.8 Å². The number of hydrogen-bond acceptors (Lipinski definition) is 2. The SMILES string of the molecule is C=C(C)[C@H]1[C@@H]2C=C(C)[C@@H](CCCCC#C[C@@H]1O)O2. The van der Waals surface area contributed by atoms with E-state index < -0.39 is 6.10 Å². The van der Waals surface area contributed by atoms with Crippen LogP contribution in [0.15, 0.2) is 23.8 Å². The van der Waals surface area contributed by atoms with Gasteiger partial charge in [-0.15, -0.1) is 5.92 Å². The van der Waals surface area contributed by atoms with E-state index in [1.807, 2.05) is 6.92 Å². The Morgan fingerprint density at radius 2 is 2.28 bits per heavy atom. The number of rotatable bonds is 1. The van der Waals surface area contributed by atoms with Gasteiger partial charge >= 0.3 is 0 Å². The number of aliphatic hydroxyl groups excluding tert-OH is 1. The van der Waals surface area contributed by atoms with Crippen LogP contribution >= 0.6 is 0 Å². The molecule has 0 spiro atoms. The number of fused-ring (bicyclic) bond motifs is 2. The fraction of sp³-hybridized carbons (Fsp3) is 0.625. The van der Waals surface area contributed by atoms with Crippen LogP contribution in [-0.2, 0) is 4.74 Å². The van der Waals surface area contributed by atoms with Crippen LogP contribution in [0.5, 0.6) is 0 Å². The molecule has 2 aliphatic rings. The summed E-state index contributed by atoms with van der Waals surface area (Å²) in [7, 11) is 0. The lowest BCUT2D eigenvalue weighted by molar-refractivity contribution is 0.000398. The lowest BCUT2D eigenvalue weighted by Gasteiger charge is -2.26. The van der Waals surface area contributed by atoms with E-state index in [4.69, 9.17) is 4.74 Å². The highest BCUT2D eigenvalue weighted by molar-refractivity contribution is 5.23. The Balaban J connectivity index is 2.26. The zero-order valence-electron chi connectivity index (χ0n) is 11.3. The maximum absolute atomic E-state index is 10.2. The van der Waals surface area contributed by atoms with Crippen molar-refractivity contribution in [2.45, 2.75) is 57.8 Å². The minimum atomic E-state index is -0.673. The van der Waals surface area contributed by atoms with Crippen LogP contribution in [0, 0.1) is 17.8 Å². The van der Waals surface area contributed by atoms with Gasteiger partial charge in [0.1, 0.15) is 6.10 Å². The molecule has 0 saturated carbocycles. The molecule has 0 aromatic carbocycles. The van der Waals surface area contributed by atoms with Crippen molar-refractivity contribution < 1.29 is 9.84 Å². The molecule has 0 fully saturated rings. The largest absolute Gasteiger partial charge is 0.380 e. The molecule has 0 aliphatic carbocycles. The maximum Gasteiger partial charge on any atom is 0.124 e. The van der Waals surface area contributed by atoms with Crippen molar-refractivity contribution in [2.24, 2.45) is 5.92 Å². The van der Waals surface area contributed by atoms with E-state index in [2.05, 4.69) is 31.4 Å². The third kappa shape index (κ3) is 2.85. The molecule has 0 aromatic heterocycles. The Morgan fingerprint density at radius 1 is 1.50 bits per heavy atom. The van der Waals surface area contributed by atoms with Crippen LogP contribution in [-0.4, -0.2) is 23.4 Å². The Bertz CT molecular complexity index is 411. The van der Waals surface area contributed by atoms with Gasteiger partial charge in [0.25, 0.3) is 0 Å². The molecule has 4 atom stereocenters. The van der Waals surface area contributed by atoms with Gasteiger partial charge in [-0.05, 0) is 38.7 Å². The van der Waals surface area contributed by atoms with Crippen molar-refractivity contribution in [3.8, 4) is 11.8 Å². The van der Waals surface area contributed by atoms with Crippen molar-refractivity contribution in [1.82, 2.24) is 0 Å². The van der Waals surface area contributed by atoms with Crippen LogP contribution in [0.3, 0.4) is 0 Å². The highest BCUT2D eigenvalue weighted by atomic mass is 16.5. The predicted octanol–water partition coefficient (Wildman–Crippen LogP) is 2.83. The second-order valence-corrected chi connectivity index (χ2v) is 5.38. The van der Waals surface area contributed by atoms with Crippen molar-refractivity contribution >= 4 is 0 Å². The average Bonchev–Trinajstić information content (AvgIpc) is 2.61. The molecular formula is C16H22O2. The molecule has 1 N–H and O–H groups in total. The van der Waals surface area contributed by atoms with Crippen molar-refractivity contribution in [3.63, 3.8) is 0 Å². The number of ether oxygens (including phenoxy) is 1. The first-order valence-electron chi connectivity index (χ1n) is 6.75. The molecule has 2 aliphatic heterocycles. The summed E-state index contributed by atoms with van der Waals surface area (Å²) in [5, 5.41) is 10.2. The van der Waals surface area contributed by atoms with E-state index in [1.54, 1.807) is 0 Å². The second-order valence-electron chi connectivity index (χ2n) is 5.38. The highest BCUT2D eigenvalue weighted by Gasteiger charge is 2.34. The zero-order valence-corrected chi connectivity index (χ0v) is 11.3. The van der Waals surface area contributed by atoms with E-state index in [0.29, 0.717) is 0 Å². The fourth-order valence-corrected chi connectivity index (χ4v) is 2.73. The van der Waals surface area contributed by atoms with E-state index in [-0.39, 0.29) is 18.1 Å². The molecule has 0 aromatic rings. The molecule has 2 rings (SSSR count). The third-order valence-corrected chi connectivity index (χ3v) is 3.79. The van der Waals surface area contributed by atoms with Gasteiger partial charge in [-0.3, -0.25) is 0 Å².